The van der Waals surface area contributed by atoms with E-state index in [9.17, 15) is 9.90 Å². The number of ether oxygens (including phenoxy) is 2. The molecule has 56 heavy (non-hydrogen) atoms. The lowest BCUT2D eigenvalue weighted by atomic mass is 9.31. The van der Waals surface area contributed by atoms with E-state index >= 15 is 4.79 Å². The van der Waals surface area contributed by atoms with E-state index in [1.165, 1.54) is 23.3 Å². The maximum absolute atomic E-state index is 15.3. The number of carbonyl (C=O) groups excluding carboxylic acids is 2. The van der Waals surface area contributed by atoms with Crippen molar-refractivity contribution in [2.75, 3.05) is 26.2 Å². The Bertz CT molecular complexity index is 1980. The molecule has 9 heterocycles. The van der Waals surface area contributed by atoms with Gasteiger partial charge in [-0.15, -0.1) is 0 Å². The van der Waals surface area contributed by atoms with E-state index < -0.39 is 16.4 Å². The third-order valence-corrected chi connectivity index (χ3v) is 16.4. The maximum atomic E-state index is 15.3. The normalized spacial score (nSPS) is 42.0. The van der Waals surface area contributed by atoms with Crippen LogP contribution in [0.4, 0.5) is 0 Å². The molecule has 1 unspecified atom stereocenters. The summed E-state index contributed by atoms with van der Waals surface area (Å²) in [6, 6.07) is 6.62. The SMILES string of the molecule is CC(C)CC[C@H](C)C[C@@H]1[C@@]2(OC(=O)c3c(CCCN)cccc32)[C@@]23CCC4=C[C@@]12C(=O)O/C3=C(\O)C[C@H](C)N1C[C@H]2C[C@@H](C1)[C@@H]1C=CC3=C([C@H]4C[C@H](C)C3)N1C2. The molecule has 1 aromatic carbocycles. The number of allylic oxidation sites excluding steroid dienone is 3. The number of benzene rings is 1. The largest absolute Gasteiger partial charge is 0.509 e. The fourth-order valence-electron chi connectivity index (χ4n) is 14.2. The standard InChI is InChI=1S/C48H63N3O5/c1-27(2)11-12-28(3)20-40-46-23-34-15-16-47(46,48(40)37-10-6-8-32(9-7-17-49)41(37)44(53)56-48)43(55-45(46)54)39(52)21-30(5)50-24-31-22-35(26-50)38-14-13-33-18-29(4)19-36(34)42(33)51(38)25-31/h6,8,10,13-14,23,27-31,35-36,38,40,52H,7,9,11-12,15-22,24-26,49H2,1-5H3/b43-39-/t28-,29+,30-,31+,35-,36-,38-,40-,46-,47+,48+/m0/s1. The number of rotatable bonds is 8. The first kappa shape index (κ1) is 36.9. The van der Waals surface area contributed by atoms with E-state index in [2.05, 4.69) is 74.8 Å². The molecule has 3 aliphatic carbocycles. The smallest absolute Gasteiger partial charge is 0.339 e. The van der Waals surface area contributed by atoms with Crippen LogP contribution in [-0.2, 0) is 26.3 Å². The van der Waals surface area contributed by atoms with E-state index in [-0.39, 0.29) is 41.5 Å². The number of hydrogen-bond donors (Lipinski definition) is 2. The molecule has 10 bridgehead atoms. The van der Waals surface area contributed by atoms with Gasteiger partial charge < -0.3 is 25.2 Å². The Hall–Kier alpha value is -3.36. The zero-order valence-electron chi connectivity index (χ0n) is 34.3. The van der Waals surface area contributed by atoms with Crippen LogP contribution < -0.4 is 5.73 Å². The zero-order chi connectivity index (χ0) is 38.9. The number of fused-ring (bicyclic) bond motifs is 2. The van der Waals surface area contributed by atoms with Crippen LogP contribution in [0.25, 0.3) is 0 Å². The Morgan fingerprint density at radius 1 is 1.05 bits per heavy atom. The lowest BCUT2D eigenvalue weighted by Gasteiger charge is -2.69. The van der Waals surface area contributed by atoms with Crippen molar-refractivity contribution in [2.45, 2.75) is 123 Å². The summed E-state index contributed by atoms with van der Waals surface area (Å²) in [5, 5.41) is 12.6. The van der Waals surface area contributed by atoms with Gasteiger partial charge in [0, 0.05) is 55.2 Å². The second-order valence-electron chi connectivity index (χ2n) is 20.3. The molecule has 1 aromatic rings. The van der Waals surface area contributed by atoms with E-state index in [0.717, 1.165) is 75.7 Å². The van der Waals surface area contributed by atoms with E-state index in [0.29, 0.717) is 66.8 Å². The summed E-state index contributed by atoms with van der Waals surface area (Å²) >= 11 is 0. The average molecular weight is 762 g/mol. The molecule has 3 saturated heterocycles. The Morgan fingerprint density at radius 2 is 1.89 bits per heavy atom. The minimum atomic E-state index is -1.14. The number of aryl methyl sites for hydroxylation is 1. The van der Waals surface area contributed by atoms with Gasteiger partial charge in [0.25, 0.3) is 0 Å². The average Bonchev–Trinajstić information content (AvgIpc) is 3.63. The molecule has 1 saturated carbocycles. The van der Waals surface area contributed by atoms with Gasteiger partial charge in [-0.2, -0.15) is 0 Å². The third kappa shape index (κ3) is 4.84. The summed E-state index contributed by atoms with van der Waals surface area (Å²) < 4.78 is 13.7. The molecule has 9 aliphatic heterocycles. The van der Waals surface area contributed by atoms with Gasteiger partial charge in [0.1, 0.15) is 11.2 Å². The summed E-state index contributed by atoms with van der Waals surface area (Å²) in [5.74, 6) is 2.31. The first-order chi connectivity index (χ1) is 26.9. The lowest BCUT2D eigenvalue weighted by Crippen LogP contribution is -2.75. The monoisotopic (exact) mass is 761 g/mol. The molecular formula is C48H63N3O5. The fourth-order valence-corrected chi connectivity index (χ4v) is 14.2. The topological polar surface area (TPSA) is 105 Å². The van der Waals surface area contributed by atoms with Crippen LogP contribution in [0.5, 0.6) is 0 Å². The summed E-state index contributed by atoms with van der Waals surface area (Å²) in [5.41, 5.74) is 9.58. The minimum absolute atomic E-state index is 0.0547. The lowest BCUT2D eigenvalue weighted by molar-refractivity contribution is -0.274. The van der Waals surface area contributed by atoms with E-state index in [1.807, 2.05) is 6.07 Å². The molecule has 8 nitrogen and oxygen atoms in total. The van der Waals surface area contributed by atoms with E-state index in [1.54, 1.807) is 0 Å². The van der Waals surface area contributed by atoms with E-state index in [4.69, 9.17) is 15.2 Å². The van der Waals surface area contributed by atoms with Crippen molar-refractivity contribution in [1.29, 1.82) is 0 Å². The minimum Gasteiger partial charge on any atom is -0.509 e. The molecule has 12 aliphatic rings. The van der Waals surface area contributed by atoms with Crippen LogP contribution in [0.2, 0.25) is 0 Å². The number of esters is 2. The Morgan fingerprint density at radius 3 is 2.70 bits per heavy atom. The first-order valence-corrected chi connectivity index (χ1v) is 22.3. The molecule has 8 heteroatoms. The molecule has 2 spiro atoms. The van der Waals surface area contributed by atoms with Crippen molar-refractivity contribution < 1.29 is 24.2 Å². The number of nitrogens with two attached hydrogens (primary N) is 1. The molecule has 12 atom stereocenters. The number of hydrogen-bond acceptors (Lipinski definition) is 8. The highest BCUT2D eigenvalue weighted by atomic mass is 16.6. The number of carbonyl (C=O) groups is 2. The zero-order valence-corrected chi connectivity index (χ0v) is 34.3. The molecule has 0 aromatic heterocycles. The predicted molar refractivity (Wildman–Crippen MR) is 216 cm³/mol. The fraction of sp³-hybridized carbons (Fsp3) is 0.667. The van der Waals surface area contributed by atoms with Gasteiger partial charge in [-0.1, -0.05) is 82.5 Å². The second kappa shape index (κ2) is 13.1. The van der Waals surface area contributed by atoms with Crippen LogP contribution in [0.3, 0.4) is 0 Å². The predicted octanol–water partition coefficient (Wildman–Crippen LogP) is 8.34. The summed E-state index contributed by atoms with van der Waals surface area (Å²) in [7, 11) is 0. The summed E-state index contributed by atoms with van der Waals surface area (Å²) in [4.78, 5) is 35.3. The van der Waals surface area contributed by atoms with Crippen LogP contribution in [-0.4, -0.2) is 65.1 Å². The molecule has 0 amide bonds. The summed E-state index contributed by atoms with van der Waals surface area (Å²) in [6.45, 7) is 15.1. The molecule has 300 valence electrons. The molecule has 0 radical (unpaired) electrons. The number of aliphatic hydroxyl groups is 1. The quantitative estimate of drug-likeness (QED) is 0.201. The number of aliphatic hydroxyl groups excluding tert-OH is 1. The Labute approximate surface area is 333 Å². The van der Waals surface area contributed by atoms with Crippen LogP contribution in [0.15, 0.2) is 64.8 Å². The second-order valence-corrected chi connectivity index (χ2v) is 20.3. The van der Waals surface area contributed by atoms with Crippen molar-refractivity contribution in [1.82, 2.24) is 9.80 Å². The van der Waals surface area contributed by atoms with Crippen LogP contribution >= 0.6 is 0 Å². The first-order valence-electron chi connectivity index (χ1n) is 22.3. The highest BCUT2D eigenvalue weighted by Gasteiger charge is 2.91. The van der Waals surface area contributed by atoms with Crippen molar-refractivity contribution >= 4 is 11.9 Å². The molecule has 3 N–H and O–H groups in total. The highest BCUT2D eigenvalue weighted by Crippen LogP contribution is 2.85. The van der Waals surface area contributed by atoms with Crippen molar-refractivity contribution in [3.63, 3.8) is 0 Å². The van der Waals surface area contributed by atoms with Crippen molar-refractivity contribution in [3.05, 3.63) is 81.5 Å². The van der Waals surface area contributed by atoms with Crippen LogP contribution in [0, 0.1) is 52.3 Å². The summed E-state index contributed by atoms with van der Waals surface area (Å²) in [6.07, 6.45) is 16.8. The van der Waals surface area contributed by atoms with Gasteiger partial charge in [-0.3, -0.25) is 9.69 Å². The van der Waals surface area contributed by atoms with Crippen molar-refractivity contribution in [2.24, 2.45) is 58.0 Å². The number of piperidine rings is 2. The Kier molecular flexibility index (Phi) is 8.63. The maximum Gasteiger partial charge on any atom is 0.339 e. The van der Waals surface area contributed by atoms with Gasteiger partial charge in [0.15, 0.2) is 11.4 Å². The van der Waals surface area contributed by atoms with Gasteiger partial charge in [-0.05, 0) is 106 Å². The molecular weight excluding hydrogens is 699 g/mol. The highest BCUT2D eigenvalue weighted by molar-refractivity contribution is 6.00. The number of nitrogens with zero attached hydrogens (tertiary/aromatic N) is 2. The van der Waals surface area contributed by atoms with Gasteiger partial charge in [-0.25, -0.2) is 4.79 Å². The molecule has 13 rings (SSSR count). The molecule has 4 fully saturated rings. The van der Waals surface area contributed by atoms with Crippen molar-refractivity contribution in [3.8, 4) is 0 Å². The third-order valence-electron chi connectivity index (χ3n) is 16.4. The van der Waals surface area contributed by atoms with Gasteiger partial charge >= 0.3 is 11.9 Å². The Balaban J connectivity index is 1.22. The van der Waals surface area contributed by atoms with Gasteiger partial charge in [0.2, 0.25) is 0 Å². The van der Waals surface area contributed by atoms with Crippen LogP contribution in [0.1, 0.15) is 120 Å². The van der Waals surface area contributed by atoms with Gasteiger partial charge in [0.05, 0.1) is 17.0 Å².